The summed E-state index contributed by atoms with van der Waals surface area (Å²) in [5, 5.41) is 0. The van der Waals surface area contributed by atoms with Crippen LogP contribution in [0.3, 0.4) is 0 Å². The summed E-state index contributed by atoms with van der Waals surface area (Å²) in [5.41, 5.74) is 5.58. The predicted octanol–water partition coefficient (Wildman–Crippen LogP) is 0.997. The quantitative estimate of drug-likeness (QED) is 0.739. The van der Waals surface area contributed by atoms with Crippen LogP contribution in [0.5, 0.6) is 0 Å². The molecule has 0 saturated carbocycles. The van der Waals surface area contributed by atoms with E-state index >= 15 is 0 Å². The van der Waals surface area contributed by atoms with Gasteiger partial charge < -0.3 is 15.5 Å². The van der Waals surface area contributed by atoms with Crippen LogP contribution in [-0.4, -0.2) is 55.6 Å². The van der Waals surface area contributed by atoms with Gasteiger partial charge in [-0.05, 0) is 32.4 Å². The smallest absolute Gasteiger partial charge is 0.0218 e. The number of nitrogens with two attached hydrogens (primary N) is 1. The molecule has 3 nitrogen and oxygen atoms in total. The van der Waals surface area contributed by atoms with Gasteiger partial charge >= 0.3 is 0 Å². The first kappa shape index (κ1) is 12.9. The lowest BCUT2D eigenvalue weighted by atomic mass is 10.0. The number of likely N-dealkylation sites (N-methyl/N-ethyl adjacent to an activating group) is 1. The molecule has 0 aromatic carbocycles. The minimum absolute atomic E-state index is 0.746. The molecule has 2 unspecified atom stereocenters. The number of nitrogens with zero attached hydrogens (tertiary/aromatic N) is 2. The third kappa shape index (κ3) is 4.09. The van der Waals surface area contributed by atoms with Crippen molar-refractivity contribution >= 4 is 0 Å². The predicted molar refractivity (Wildman–Crippen MR) is 66.0 cm³/mol. The molecule has 2 atom stereocenters. The molecular weight excluding hydrogens is 186 g/mol. The molecular formula is C12H27N3. The average Bonchev–Trinajstić information content (AvgIpc) is 2.21. The van der Waals surface area contributed by atoms with Gasteiger partial charge in [0.05, 0.1) is 0 Å². The second-order valence-corrected chi connectivity index (χ2v) is 4.98. The summed E-state index contributed by atoms with van der Waals surface area (Å²) in [4.78, 5) is 5.10. The van der Waals surface area contributed by atoms with Gasteiger partial charge in [-0.2, -0.15) is 0 Å². The van der Waals surface area contributed by atoms with E-state index in [2.05, 4.69) is 30.7 Å². The van der Waals surface area contributed by atoms with Crippen LogP contribution in [0.25, 0.3) is 0 Å². The van der Waals surface area contributed by atoms with E-state index in [4.69, 9.17) is 5.73 Å². The van der Waals surface area contributed by atoms with Crippen LogP contribution in [0.15, 0.2) is 0 Å². The number of rotatable bonds is 5. The van der Waals surface area contributed by atoms with Crippen molar-refractivity contribution < 1.29 is 0 Å². The number of hydrogen-bond acceptors (Lipinski definition) is 3. The number of piperazine rings is 1. The molecule has 0 radical (unpaired) electrons. The summed E-state index contributed by atoms with van der Waals surface area (Å²) in [6.07, 6.45) is 2.42. The van der Waals surface area contributed by atoms with Gasteiger partial charge in [-0.15, -0.1) is 0 Å². The molecule has 0 amide bonds. The van der Waals surface area contributed by atoms with Gasteiger partial charge in [-0.3, -0.25) is 0 Å². The van der Waals surface area contributed by atoms with Gasteiger partial charge in [0.2, 0.25) is 0 Å². The lowest BCUT2D eigenvalue weighted by Gasteiger charge is -2.40. The third-order valence-corrected chi connectivity index (χ3v) is 3.56. The van der Waals surface area contributed by atoms with Gasteiger partial charge in [-0.25, -0.2) is 0 Å². The van der Waals surface area contributed by atoms with Gasteiger partial charge in [0.25, 0.3) is 0 Å². The minimum Gasteiger partial charge on any atom is -0.330 e. The largest absolute Gasteiger partial charge is 0.330 e. The van der Waals surface area contributed by atoms with E-state index in [0.717, 1.165) is 24.9 Å². The Balaban J connectivity index is 2.31. The van der Waals surface area contributed by atoms with E-state index in [1.165, 1.54) is 32.6 Å². The molecule has 1 saturated heterocycles. The Labute approximate surface area is 94.6 Å². The van der Waals surface area contributed by atoms with Crippen molar-refractivity contribution in [3.05, 3.63) is 0 Å². The highest BCUT2D eigenvalue weighted by Gasteiger charge is 2.23. The molecule has 1 aliphatic heterocycles. The standard InChI is InChI=1S/C12H27N3/c1-4-12-10-15(8-7-14(12)3)9-11(2)5-6-13/h11-12H,4-10,13H2,1-3H3. The van der Waals surface area contributed by atoms with E-state index in [-0.39, 0.29) is 0 Å². The fraction of sp³-hybridized carbons (Fsp3) is 1.00. The summed E-state index contributed by atoms with van der Waals surface area (Å²) in [6.45, 7) is 10.3. The highest BCUT2D eigenvalue weighted by atomic mass is 15.3. The summed E-state index contributed by atoms with van der Waals surface area (Å²) < 4.78 is 0. The minimum atomic E-state index is 0.746. The molecule has 0 spiro atoms. The molecule has 0 aliphatic carbocycles. The van der Waals surface area contributed by atoms with Crippen LogP contribution < -0.4 is 5.73 Å². The molecule has 1 rings (SSSR count). The van der Waals surface area contributed by atoms with E-state index in [1.54, 1.807) is 0 Å². The monoisotopic (exact) mass is 213 g/mol. The van der Waals surface area contributed by atoms with E-state index in [0.29, 0.717) is 0 Å². The Morgan fingerprint density at radius 1 is 1.40 bits per heavy atom. The van der Waals surface area contributed by atoms with Crippen molar-refractivity contribution in [1.82, 2.24) is 9.80 Å². The van der Waals surface area contributed by atoms with Crippen molar-refractivity contribution in [1.29, 1.82) is 0 Å². The fourth-order valence-corrected chi connectivity index (χ4v) is 2.43. The van der Waals surface area contributed by atoms with Crippen LogP contribution in [0.4, 0.5) is 0 Å². The van der Waals surface area contributed by atoms with E-state index < -0.39 is 0 Å². The summed E-state index contributed by atoms with van der Waals surface area (Å²) in [5.74, 6) is 0.746. The highest BCUT2D eigenvalue weighted by molar-refractivity contribution is 4.79. The Morgan fingerprint density at radius 2 is 2.13 bits per heavy atom. The number of hydrogen-bond donors (Lipinski definition) is 1. The van der Waals surface area contributed by atoms with Crippen molar-refractivity contribution in [3.63, 3.8) is 0 Å². The normalized spacial score (nSPS) is 26.8. The summed E-state index contributed by atoms with van der Waals surface area (Å²) in [7, 11) is 2.24. The topological polar surface area (TPSA) is 32.5 Å². The molecule has 0 aromatic heterocycles. The summed E-state index contributed by atoms with van der Waals surface area (Å²) >= 11 is 0. The zero-order valence-electron chi connectivity index (χ0n) is 10.6. The molecule has 2 N–H and O–H groups in total. The van der Waals surface area contributed by atoms with Gasteiger partial charge in [-0.1, -0.05) is 13.8 Å². The fourth-order valence-electron chi connectivity index (χ4n) is 2.43. The zero-order chi connectivity index (χ0) is 11.3. The maximum atomic E-state index is 5.58. The molecule has 90 valence electrons. The lowest BCUT2D eigenvalue weighted by molar-refractivity contribution is 0.0827. The van der Waals surface area contributed by atoms with Crippen LogP contribution in [0.1, 0.15) is 26.7 Å². The van der Waals surface area contributed by atoms with Crippen LogP contribution >= 0.6 is 0 Å². The molecule has 1 heterocycles. The van der Waals surface area contributed by atoms with Crippen LogP contribution in [-0.2, 0) is 0 Å². The average molecular weight is 213 g/mol. The second-order valence-electron chi connectivity index (χ2n) is 4.98. The summed E-state index contributed by atoms with van der Waals surface area (Å²) in [6, 6.07) is 0.754. The van der Waals surface area contributed by atoms with Gasteiger partial charge in [0.15, 0.2) is 0 Å². The Bertz CT molecular complexity index is 172. The second kappa shape index (κ2) is 6.46. The SMILES string of the molecule is CCC1CN(CC(C)CCN)CCN1C. The Morgan fingerprint density at radius 3 is 2.73 bits per heavy atom. The van der Waals surface area contributed by atoms with E-state index in [9.17, 15) is 0 Å². The lowest BCUT2D eigenvalue weighted by Crippen LogP contribution is -2.52. The molecule has 0 bridgehead atoms. The molecule has 0 aromatic rings. The van der Waals surface area contributed by atoms with Crippen molar-refractivity contribution in [2.45, 2.75) is 32.7 Å². The third-order valence-electron chi connectivity index (χ3n) is 3.56. The highest BCUT2D eigenvalue weighted by Crippen LogP contribution is 2.13. The Kier molecular flexibility index (Phi) is 5.58. The van der Waals surface area contributed by atoms with Gasteiger partial charge in [0, 0.05) is 32.2 Å². The Hall–Kier alpha value is -0.120. The molecule has 1 aliphatic rings. The first-order valence-corrected chi connectivity index (χ1v) is 6.30. The molecule has 1 fully saturated rings. The maximum absolute atomic E-state index is 5.58. The first-order chi connectivity index (χ1) is 7.17. The maximum Gasteiger partial charge on any atom is 0.0218 e. The van der Waals surface area contributed by atoms with Crippen molar-refractivity contribution in [2.24, 2.45) is 11.7 Å². The first-order valence-electron chi connectivity index (χ1n) is 6.30. The molecule has 15 heavy (non-hydrogen) atoms. The van der Waals surface area contributed by atoms with Crippen LogP contribution in [0, 0.1) is 5.92 Å². The van der Waals surface area contributed by atoms with Crippen molar-refractivity contribution in [3.8, 4) is 0 Å². The molecule has 3 heteroatoms. The van der Waals surface area contributed by atoms with Crippen LogP contribution in [0.2, 0.25) is 0 Å². The van der Waals surface area contributed by atoms with Crippen molar-refractivity contribution in [2.75, 3.05) is 39.8 Å². The van der Waals surface area contributed by atoms with Gasteiger partial charge in [0.1, 0.15) is 0 Å². The van der Waals surface area contributed by atoms with E-state index in [1.807, 2.05) is 0 Å². The zero-order valence-corrected chi connectivity index (χ0v) is 10.6.